The van der Waals surface area contributed by atoms with E-state index in [1.54, 1.807) is 12.1 Å². The van der Waals surface area contributed by atoms with E-state index in [9.17, 15) is 17.6 Å². The number of carbonyl (C=O) groups is 1. The topological polar surface area (TPSA) is 87.7 Å². The van der Waals surface area contributed by atoms with Gasteiger partial charge in [-0.3, -0.25) is 4.79 Å². The summed E-state index contributed by atoms with van der Waals surface area (Å²) >= 11 is 1.40. The van der Waals surface area contributed by atoms with Crippen LogP contribution in [0, 0.1) is 17.5 Å². The quantitative estimate of drug-likeness (QED) is 0.395. The highest BCUT2D eigenvalue weighted by Crippen LogP contribution is 2.28. The molecule has 0 aliphatic carbocycles. The smallest absolute Gasteiger partial charge is 0.265 e. The summed E-state index contributed by atoms with van der Waals surface area (Å²) in [7, 11) is -0.791. The second-order valence-electron chi connectivity index (χ2n) is 9.43. The number of sulfonamides is 1. The predicted octanol–water partition coefficient (Wildman–Crippen LogP) is 4.39. The highest BCUT2D eigenvalue weighted by Gasteiger charge is 2.38. The molecular formula is C25H32F3N3O4S2. The standard InChI is InChI=1S/C25H32F3N3O4S2/c1-25(11-4-5-13-35-25)24(32)30-37(33,34)20-14-21(27)23(22(28)15-20)29-18(10-12-31(2)3)16-36-19-8-6-17(26)7-9-19/h6-9,14-15,18,29H,4-5,10-13,16H2,1-3H3,(H,30,32)/t18-,25+/m1/s1. The lowest BCUT2D eigenvalue weighted by Gasteiger charge is -2.32. The monoisotopic (exact) mass is 559 g/mol. The van der Waals surface area contributed by atoms with E-state index in [1.807, 2.05) is 23.7 Å². The number of amides is 1. The van der Waals surface area contributed by atoms with Gasteiger partial charge in [-0.1, -0.05) is 0 Å². The highest BCUT2D eigenvalue weighted by molar-refractivity contribution is 7.99. The van der Waals surface area contributed by atoms with Crippen LogP contribution < -0.4 is 10.0 Å². The number of thioether (sulfide) groups is 1. The first-order valence-electron chi connectivity index (χ1n) is 11.9. The van der Waals surface area contributed by atoms with Gasteiger partial charge < -0.3 is 15.0 Å². The third-order valence-corrected chi connectivity index (χ3v) is 8.53. The minimum absolute atomic E-state index is 0.321. The molecule has 0 saturated carbocycles. The Bertz CT molecular complexity index is 1170. The molecule has 0 radical (unpaired) electrons. The average molecular weight is 560 g/mol. The van der Waals surface area contributed by atoms with Gasteiger partial charge in [-0.05, 0) is 89.6 Å². The maximum Gasteiger partial charge on any atom is 0.265 e. The highest BCUT2D eigenvalue weighted by atomic mass is 32.2. The molecule has 3 rings (SSSR count). The molecule has 0 bridgehead atoms. The molecule has 2 aromatic rings. The van der Waals surface area contributed by atoms with E-state index in [1.165, 1.54) is 30.8 Å². The molecule has 2 aromatic carbocycles. The maximum atomic E-state index is 15.0. The molecule has 1 aliphatic rings. The first-order valence-corrected chi connectivity index (χ1v) is 14.4. The number of ether oxygens (including phenoxy) is 1. The fraction of sp³-hybridized carbons (Fsp3) is 0.480. The number of nitrogens with zero attached hydrogens (tertiary/aromatic N) is 1. The molecule has 1 aliphatic heterocycles. The van der Waals surface area contributed by atoms with Crippen molar-refractivity contribution in [2.75, 3.05) is 38.3 Å². The Balaban J connectivity index is 1.75. The van der Waals surface area contributed by atoms with Gasteiger partial charge in [-0.25, -0.2) is 26.3 Å². The van der Waals surface area contributed by atoms with Crippen LogP contribution in [0.4, 0.5) is 18.9 Å². The zero-order valence-corrected chi connectivity index (χ0v) is 22.7. The lowest BCUT2D eigenvalue weighted by Crippen LogP contribution is -2.50. The van der Waals surface area contributed by atoms with E-state index >= 15 is 8.78 Å². The van der Waals surface area contributed by atoms with Crippen molar-refractivity contribution < 1.29 is 31.1 Å². The maximum absolute atomic E-state index is 15.0. The van der Waals surface area contributed by atoms with Crippen LogP contribution in [0.2, 0.25) is 0 Å². The van der Waals surface area contributed by atoms with Crippen LogP contribution in [0.25, 0.3) is 0 Å². The fourth-order valence-electron chi connectivity index (χ4n) is 3.79. The summed E-state index contributed by atoms with van der Waals surface area (Å²) in [6, 6.07) is 6.90. The summed E-state index contributed by atoms with van der Waals surface area (Å²) in [5.41, 5.74) is -1.79. The van der Waals surface area contributed by atoms with Gasteiger partial charge in [0.05, 0.1) is 4.90 Å². The van der Waals surface area contributed by atoms with Crippen LogP contribution in [0.5, 0.6) is 0 Å². The number of benzene rings is 2. The Morgan fingerprint density at radius 1 is 1.14 bits per heavy atom. The zero-order valence-electron chi connectivity index (χ0n) is 21.0. The number of halogens is 3. The van der Waals surface area contributed by atoms with Crippen LogP contribution in [0.1, 0.15) is 32.6 Å². The first-order chi connectivity index (χ1) is 17.4. The van der Waals surface area contributed by atoms with Crippen LogP contribution in [0.3, 0.4) is 0 Å². The molecule has 0 spiro atoms. The van der Waals surface area contributed by atoms with E-state index in [-0.39, 0.29) is 11.9 Å². The van der Waals surface area contributed by atoms with Gasteiger partial charge in [0.15, 0.2) is 11.6 Å². The van der Waals surface area contributed by atoms with E-state index in [0.29, 0.717) is 50.3 Å². The van der Waals surface area contributed by atoms with Crippen molar-refractivity contribution in [1.29, 1.82) is 0 Å². The van der Waals surface area contributed by atoms with Gasteiger partial charge >= 0.3 is 0 Å². The Labute approximate surface area is 220 Å². The van der Waals surface area contributed by atoms with Crippen molar-refractivity contribution in [2.45, 2.75) is 54.0 Å². The van der Waals surface area contributed by atoms with Crippen molar-refractivity contribution >= 4 is 33.4 Å². The summed E-state index contributed by atoms with van der Waals surface area (Å²) in [4.78, 5) is 14.6. The van der Waals surface area contributed by atoms with E-state index in [0.717, 1.165) is 11.3 Å². The summed E-state index contributed by atoms with van der Waals surface area (Å²) in [5, 5.41) is 2.86. The second-order valence-corrected chi connectivity index (χ2v) is 12.2. The molecule has 2 atom stereocenters. The number of rotatable bonds is 11. The minimum Gasteiger partial charge on any atom is -0.377 e. The Morgan fingerprint density at radius 3 is 2.35 bits per heavy atom. The zero-order chi connectivity index (χ0) is 27.2. The second kappa shape index (κ2) is 12.5. The van der Waals surface area contributed by atoms with Crippen LogP contribution in [0.15, 0.2) is 46.2 Å². The average Bonchev–Trinajstić information content (AvgIpc) is 2.83. The summed E-state index contributed by atoms with van der Waals surface area (Å²) in [6.45, 7) is 2.44. The molecule has 2 N–H and O–H groups in total. The van der Waals surface area contributed by atoms with E-state index < -0.39 is 43.7 Å². The molecule has 1 amide bonds. The van der Waals surface area contributed by atoms with Gasteiger partial charge in [0, 0.05) is 23.3 Å². The van der Waals surface area contributed by atoms with Crippen molar-refractivity contribution in [3.63, 3.8) is 0 Å². The molecule has 12 heteroatoms. The Hall–Kier alpha value is -2.28. The minimum atomic E-state index is -4.54. The van der Waals surface area contributed by atoms with Gasteiger partial charge in [0.25, 0.3) is 15.9 Å². The number of hydrogen-bond donors (Lipinski definition) is 2. The predicted molar refractivity (Wildman–Crippen MR) is 138 cm³/mol. The summed E-state index contributed by atoms with van der Waals surface area (Å²) in [5.74, 6) is -3.02. The third kappa shape index (κ3) is 8.10. The molecule has 204 valence electrons. The van der Waals surface area contributed by atoms with Crippen molar-refractivity contribution in [3.8, 4) is 0 Å². The third-order valence-electron chi connectivity index (χ3n) is 6.04. The van der Waals surface area contributed by atoms with Crippen LogP contribution >= 0.6 is 11.8 Å². The Morgan fingerprint density at radius 2 is 1.78 bits per heavy atom. The molecule has 37 heavy (non-hydrogen) atoms. The van der Waals surface area contributed by atoms with Crippen LogP contribution in [-0.2, 0) is 19.6 Å². The number of hydrogen-bond acceptors (Lipinski definition) is 7. The summed E-state index contributed by atoms with van der Waals surface area (Å²) in [6.07, 6.45) is 2.33. The van der Waals surface area contributed by atoms with Crippen molar-refractivity contribution in [1.82, 2.24) is 9.62 Å². The van der Waals surface area contributed by atoms with Gasteiger partial charge in [-0.15, -0.1) is 11.8 Å². The fourth-order valence-corrected chi connectivity index (χ4v) is 5.86. The molecule has 1 saturated heterocycles. The molecule has 0 aromatic heterocycles. The van der Waals surface area contributed by atoms with Gasteiger partial charge in [0.1, 0.15) is 17.1 Å². The van der Waals surface area contributed by atoms with Gasteiger partial charge in [0.2, 0.25) is 0 Å². The van der Waals surface area contributed by atoms with Crippen molar-refractivity contribution in [2.24, 2.45) is 0 Å². The van der Waals surface area contributed by atoms with Gasteiger partial charge in [-0.2, -0.15) is 0 Å². The lowest BCUT2D eigenvalue weighted by atomic mass is 9.95. The molecule has 1 heterocycles. The lowest BCUT2D eigenvalue weighted by molar-refractivity contribution is -0.148. The number of carbonyl (C=O) groups excluding carboxylic acids is 1. The summed E-state index contributed by atoms with van der Waals surface area (Å²) < 4.78 is 76.1. The molecule has 7 nitrogen and oxygen atoms in total. The van der Waals surface area contributed by atoms with E-state index in [2.05, 4.69) is 5.32 Å². The van der Waals surface area contributed by atoms with E-state index in [4.69, 9.17) is 4.74 Å². The largest absolute Gasteiger partial charge is 0.377 e. The first kappa shape index (κ1) is 29.3. The molecular weight excluding hydrogens is 527 g/mol. The molecule has 0 unspecified atom stereocenters. The number of nitrogens with one attached hydrogen (secondary N) is 2. The normalized spacial score (nSPS) is 19.0. The van der Waals surface area contributed by atoms with Crippen molar-refractivity contribution in [3.05, 3.63) is 53.8 Å². The van der Waals surface area contributed by atoms with Crippen LogP contribution in [-0.4, -0.2) is 63.9 Å². The number of anilines is 1. The SMILES string of the molecule is CN(C)CC[C@H](CSc1ccc(F)cc1)Nc1c(F)cc(S(=O)(=O)NC(=O)[C@]2(C)CCCCO2)cc1F. The Kier molecular flexibility index (Phi) is 9.90. The molecule has 1 fully saturated rings.